The van der Waals surface area contributed by atoms with E-state index in [0.717, 1.165) is 26.2 Å². The van der Waals surface area contributed by atoms with Gasteiger partial charge in [-0.1, -0.05) is 11.6 Å². The number of methoxy groups -OCH3 is 1. The summed E-state index contributed by atoms with van der Waals surface area (Å²) in [5.74, 6) is 0.665. The lowest BCUT2D eigenvalue weighted by molar-refractivity contribution is 0.164. The lowest BCUT2D eigenvalue weighted by atomic mass is 10.3. The Hall–Kier alpha value is -1.46. The summed E-state index contributed by atoms with van der Waals surface area (Å²) in [5, 5.41) is 3.33. The zero-order chi connectivity index (χ0) is 13.8. The molecule has 0 unspecified atom stereocenters. The highest BCUT2D eigenvalue weighted by molar-refractivity contribution is 6.33. The second-order valence-corrected chi connectivity index (χ2v) is 4.97. The first-order valence-electron chi connectivity index (χ1n) is 6.18. The van der Waals surface area contributed by atoms with Crippen LogP contribution in [0.4, 0.5) is 10.5 Å². The Morgan fingerprint density at radius 3 is 2.63 bits per heavy atom. The van der Waals surface area contributed by atoms with Gasteiger partial charge in [-0.25, -0.2) is 4.79 Å². The Morgan fingerprint density at radius 2 is 2.00 bits per heavy atom. The molecule has 1 aromatic carbocycles. The molecule has 0 radical (unpaired) electrons. The van der Waals surface area contributed by atoms with E-state index in [-0.39, 0.29) is 6.03 Å². The molecule has 0 bridgehead atoms. The van der Waals surface area contributed by atoms with Crippen LogP contribution in [0.2, 0.25) is 5.02 Å². The van der Waals surface area contributed by atoms with Crippen LogP contribution >= 0.6 is 11.6 Å². The SMILES string of the molecule is COc1ccc(Cl)c(NC(=O)N2CCN(C)CC2)c1. The first kappa shape index (κ1) is 14.0. The van der Waals surface area contributed by atoms with E-state index in [1.54, 1.807) is 30.2 Å². The number of piperazine rings is 1. The van der Waals surface area contributed by atoms with Crippen LogP contribution in [0.5, 0.6) is 5.75 Å². The van der Waals surface area contributed by atoms with Crippen LogP contribution in [0.3, 0.4) is 0 Å². The van der Waals surface area contributed by atoms with E-state index >= 15 is 0 Å². The van der Waals surface area contributed by atoms with Gasteiger partial charge in [0, 0.05) is 32.2 Å². The van der Waals surface area contributed by atoms with E-state index in [1.165, 1.54) is 0 Å². The quantitative estimate of drug-likeness (QED) is 0.904. The largest absolute Gasteiger partial charge is 0.497 e. The van der Waals surface area contributed by atoms with Gasteiger partial charge < -0.3 is 19.9 Å². The minimum atomic E-state index is -0.122. The Bertz CT molecular complexity index is 459. The summed E-state index contributed by atoms with van der Waals surface area (Å²) in [6.07, 6.45) is 0. The number of amides is 2. The Labute approximate surface area is 118 Å². The van der Waals surface area contributed by atoms with Crippen molar-refractivity contribution in [3.8, 4) is 5.75 Å². The van der Waals surface area contributed by atoms with Crippen molar-refractivity contribution >= 4 is 23.3 Å². The summed E-state index contributed by atoms with van der Waals surface area (Å²) in [7, 11) is 3.63. The fourth-order valence-corrected chi connectivity index (χ4v) is 2.10. The molecule has 0 atom stereocenters. The summed E-state index contributed by atoms with van der Waals surface area (Å²) < 4.78 is 5.12. The summed E-state index contributed by atoms with van der Waals surface area (Å²) in [6, 6.07) is 5.06. The van der Waals surface area contributed by atoms with Crippen LogP contribution in [0.25, 0.3) is 0 Å². The number of likely N-dealkylation sites (N-methyl/N-ethyl adjacent to an activating group) is 1. The third kappa shape index (κ3) is 3.52. The Balaban J connectivity index is 2.02. The van der Waals surface area contributed by atoms with Crippen molar-refractivity contribution in [2.45, 2.75) is 0 Å². The van der Waals surface area contributed by atoms with Gasteiger partial charge in [-0.15, -0.1) is 0 Å². The summed E-state index contributed by atoms with van der Waals surface area (Å²) in [6.45, 7) is 3.23. The molecule has 2 rings (SSSR count). The van der Waals surface area contributed by atoms with E-state index < -0.39 is 0 Å². The third-order valence-corrected chi connectivity index (χ3v) is 3.54. The van der Waals surface area contributed by atoms with E-state index in [2.05, 4.69) is 10.2 Å². The lowest BCUT2D eigenvalue weighted by Crippen LogP contribution is -2.48. The molecule has 1 aliphatic heterocycles. The molecular formula is C13H18ClN3O2. The van der Waals surface area contributed by atoms with Crippen LogP contribution in [-0.2, 0) is 0 Å². The molecule has 0 saturated carbocycles. The van der Waals surface area contributed by atoms with Crippen LogP contribution in [0.15, 0.2) is 18.2 Å². The summed E-state index contributed by atoms with van der Waals surface area (Å²) in [4.78, 5) is 16.1. The molecule has 5 nitrogen and oxygen atoms in total. The second-order valence-electron chi connectivity index (χ2n) is 4.57. The Kier molecular flexibility index (Phi) is 4.50. The molecular weight excluding hydrogens is 266 g/mol. The number of halogens is 1. The van der Waals surface area contributed by atoms with Gasteiger partial charge >= 0.3 is 6.03 Å². The van der Waals surface area contributed by atoms with E-state index in [9.17, 15) is 4.79 Å². The average Bonchev–Trinajstić information content (AvgIpc) is 2.42. The number of hydrogen-bond donors (Lipinski definition) is 1. The predicted molar refractivity (Wildman–Crippen MR) is 76.1 cm³/mol. The lowest BCUT2D eigenvalue weighted by Gasteiger charge is -2.32. The smallest absolute Gasteiger partial charge is 0.321 e. The number of carbonyl (C=O) groups excluding carboxylic acids is 1. The monoisotopic (exact) mass is 283 g/mol. The minimum Gasteiger partial charge on any atom is -0.497 e. The third-order valence-electron chi connectivity index (χ3n) is 3.21. The number of ether oxygens (including phenoxy) is 1. The maximum absolute atomic E-state index is 12.1. The molecule has 1 saturated heterocycles. The molecule has 0 aliphatic carbocycles. The van der Waals surface area contributed by atoms with Gasteiger partial charge in [0.2, 0.25) is 0 Å². The molecule has 6 heteroatoms. The topological polar surface area (TPSA) is 44.8 Å². The van der Waals surface area contributed by atoms with Crippen molar-refractivity contribution in [3.63, 3.8) is 0 Å². The van der Waals surface area contributed by atoms with Crippen LogP contribution in [0, 0.1) is 0 Å². The molecule has 1 aliphatic rings. The maximum atomic E-state index is 12.1. The van der Waals surface area contributed by atoms with Gasteiger partial charge in [-0.05, 0) is 19.2 Å². The standard InChI is InChI=1S/C13H18ClN3O2/c1-16-5-7-17(8-6-16)13(18)15-12-9-10(19-2)3-4-11(12)14/h3-4,9H,5-8H2,1-2H3,(H,15,18). The highest BCUT2D eigenvalue weighted by Crippen LogP contribution is 2.26. The van der Waals surface area contributed by atoms with Crippen molar-refractivity contribution in [2.75, 3.05) is 45.7 Å². The van der Waals surface area contributed by atoms with Crippen LogP contribution < -0.4 is 10.1 Å². The van der Waals surface area contributed by atoms with Crippen molar-refractivity contribution in [1.29, 1.82) is 0 Å². The zero-order valence-corrected chi connectivity index (χ0v) is 11.9. The fraction of sp³-hybridized carbons (Fsp3) is 0.462. The number of nitrogens with one attached hydrogen (secondary N) is 1. The highest BCUT2D eigenvalue weighted by Gasteiger charge is 2.19. The van der Waals surface area contributed by atoms with Crippen LogP contribution in [0.1, 0.15) is 0 Å². The molecule has 1 fully saturated rings. The molecule has 1 aromatic rings. The summed E-state index contributed by atoms with van der Waals surface area (Å²) in [5.41, 5.74) is 0.574. The molecule has 1 heterocycles. The molecule has 19 heavy (non-hydrogen) atoms. The van der Waals surface area contributed by atoms with Crippen molar-refractivity contribution in [2.24, 2.45) is 0 Å². The minimum absolute atomic E-state index is 0.122. The van der Waals surface area contributed by atoms with Crippen molar-refractivity contribution in [1.82, 2.24) is 9.80 Å². The highest BCUT2D eigenvalue weighted by atomic mass is 35.5. The second kappa shape index (κ2) is 6.12. The molecule has 0 spiro atoms. The Morgan fingerprint density at radius 1 is 1.32 bits per heavy atom. The van der Waals surface area contributed by atoms with Gasteiger partial charge in [0.15, 0.2) is 0 Å². The number of anilines is 1. The molecule has 0 aromatic heterocycles. The first-order valence-corrected chi connectivity index (χ1v) is 6.56. The number of carbonyl (C=O) groups is 1. The first-order chi connectivity index (χ1) is 9.10. The van der Waals surface area contributed by atoms with Gasteiger partial charge in [-0.3, -0.25) is 0 Å². The molecule has 2 amide bonds. The van der Waals surface area contributed by atoms with Gasteiger partial charge in [0.25, 0.3) is 0 Å². The fourth-order valence-electron chi connectivity index (χ4n) is 1.93. The van der Waals surface area contributed by atoms with E-state index in [4.69, 9.17) is 16.3 Å². The molecule has 104 valence electrons. The van der Waals surface area contributed by atoms with Gasteiger partial charge in [-0.2, -0.15) is 0 Å². The average molecular weight is 284 g/mol. The zero-order valence-electron chi connectivity index (χ0n) is 11.1. The van der Waals surface area contributed by atoms with E-state index in [1.807, 2.05) is 7.05 Å². The number of urea groups is 1. The van der Waals surface area contributed by atoms with Gasteiger partial charge in [0.1, 0.15) is 5.75 Å². The predicted octanol–water partition coefficient (Wildman–Crippen LogP) is 2.13. The van der Waals surface area contributed by atoms with Crippen molar-refractivity contribution < 1.29 is 9.53 Å². The number of benzene rings is 1. The number of nitrogens with zero attached hydrogens (tertiary/aromatic N) is 2. The normalized spacial score (nSPS) is 16.3. The van der Waals surface area contributed by atoms with Gasteiger partial charge in [0.05, 0.1) is 17.8 Å². The summed E-state index contributed by atoms with van der Waals surface area (Å²) >= 11 is 6.06. The number of rotatable bonds is 2. The molecule has 1 N–H and O–H groups in total. The number of hydrogen-bond acceptors (Lipinski definition) is 3. The van der Waals surface area contributed by atoms with Crippen molar-refractivity contribution in [3.05, 3.63) is 23.2 Å². The van der Waals surface area contributed by atoms with E-state index in [0.29, 0.717) is 16.5 Å². The van der Waals surface area contributed by atoms with Crippen LogP contribution in [-0.4, -0.2) is 56.2 Å². The maximum Gasteiger partial charge on any atom is 0.321 e.